The molecular weight excluding hydrogens is 336 g/mol. The summed E-state index contributed by atoms with van der Waals surface area (Å²) in [5, 5.41) is 0. The van der Waals surface area contributed by atoms with E-state index >= 15 is 0 Å². The Morgan fingerprint density at radius 2 is 0.929 bits per heavy atom. The summed E-state index contributed by atoms with van der Waals surface area (Å²) < 4.78 is 0. The van der Waals surface area contributed by atoms with Crippen LogP contribution in [0.5, 0.6) is 0 Å². The fourth-order valence-electron chi connectivity index (χ4n) is 1.72. The van der Waals surface area contributed by atoms with Crippen LogP contribution in [0.2, 0.25) is 0 Å². The van der Waals surface area contributed by atoms with Crippen LogP contribution in [-0.2, 0) is 0 Å². The zero-order valence-corrected chi connectivity index (χ0v) is 15.3. The van der Waals surface area contributed by atoms with Crippen LogP contribution in [0.1, 0.15) is 36.1 Å². The number of benzene rings is 1. The van der Waals surface area contributed by atoms with E-state index in [0.29, 0.717) is 22.3 Å². The van der Waals surface area contributed by atoms with E-state index < -0.39 is 0 Å². The van der Waals surface area contributed by atoms with Crippen LogP contribution in [-0.4, -0.2) is 0 Å². The summed E-state index contributed by atoms with van der Waals surface area (Å²) >= 11 is 0. The molecule has 1 rings (SSSR count). The van der Waals surface area contributed by atoms with Gasteiger partial charge < -0.3 is 0 Å². The Kier molecular flexibility index (Phi) is 9.80. The minimum Gasteiger partial charge on any atom is -0.106 e. The van der Waals surface area contributed by atoms with Gasteiger partial charge in [0.15, 0.2) is 0 Å². The maximum absolute atomic E-state index is 5.28. The van der Waals surface area contributed by atoms with Gasteiger partial charge in [-0.1, -0.05) is 35.5 Å². The molecule has 0 spiro atoms. The quantitative estimate of drug-likeness (QED) is 0.633. The lowest BCUT2D eigenvalue weighted by atomic mass is 9.96. The van der Waals surface area contributed by atoms with Gasteiger partial charge in [-0.15, -0.1) is 12.8 Å². The highest BCUT2D eigenvalue weighted by Crippen LogP contribution is 2.17. The van der Waals surface area contributed by atoms with E-state index in [2.05, 4.69) is 107 Å². The largest absolute Gasteiger partial charge is 0.106 e. The van der Waals surface area contributed by atoms with E-state index in [4.69, 9.17) is 12.8 Å². The van der Waals surface area contributed by atoms with Crippen molar-refractivity contribution in [3.63, 3.8) is 0 Å². The molecule has 0 aromatic heterocycles. The molecule has 0 aliphatic heterocycles. The Morgan fingerprint density at radius 3 is 1.50 bits per heavy atom. The van der Waals surface area contributed by atoms with Gasteiger partial charge in [0.1, 0.15) is 0 Å². The Hall–Kier alpha value is -5.18. The van der Waals surface area contributed by atoms with Gasteiger partial charge in [-0.25, -0.2) is 0 Å². The molecule has 28 heavy (non-hydrogen) atoms. The molecule has 0 bridgehead atoms. The minimum absolute atomic E-state index is 0.549. The van der Waals surface area contributed by atoms with Crippen molar-refractivity contribution in [2.75, 3.05) is 0 Å². The standard InChI is InChI=1S/C28H10/c1-5-9-13-15-18-22-28-26(20-17-14-10-6-2)24-23-25(19-16-11-7-3)27(28)21-12-8-4/h2,4,23-24H,1,3H3. The van der Waals surface area contributed by atoms with Crippen molar-refractivity contribution in [3.05, 3.63) is 34.4 Å². The molecule has 0 fully saturated rings. The average Bonchev–Trinajstić information content (AvgIpc) is 2.71. The first-order chi connectivity index (χ1) is 13.8. The smallest absolute Gasteiger partial charge is 0.0582 e. The van der Waals surface area contributed by atoms with Crippen molar-refractivity contribution >= 4 is 0 Å². The van der Waals surface area contributed by atoms with E-state index in [9.17, 15) is 0 Å². The van der Waals surface area contributed by atoms with Gasteiger partial charge in [-0.05, 0) is 97.0 Å². The highest BCUT2D eigenvalue weighted by Gasteiger charge is 2.08. The van der Waals surface area contributed by atoms with Crippen LogP contribution in [0.25, 0.3) is 0 Å². The second-order valence-corrected chi connectivity index (χ2v) is 4.45. The van der Waals surface area contributed by atoms with Crippen LogP contribution in [0.4, 0.5) is 0 Å². The van der Waals surface area contributed by atoms with Gasteiger partial charge >= 0.3 is 0 Å². The molecule has 0 heteroatoms. The van der Waals surface area contributed by atoms with Gasteiger partial charge in [-0.3, -0.25) is 0 Å². The van der Waals surface area contributed by atoms with Crippen LogP contribution >= 0.6 is 0 Å². The van der Waals surface area contributed by atoms with Gasteiger partial charge in [0, 0.05) is 11.1 Å². The number of hydrogen-bond donors (Lipinski definition) is 0. The maximum atomic E-state index is 5.28. The third-order valence-electron chi connectivity index (χ3n) is 2.74. The Morgan fingerprint density at radius 1 is 0.500 bits per heavy atom. The fraction of sp³-hybridized carbons (Fsp3) is 0.0714. The maximum Gasteiger partial charge on any atom is 0.0582 e. The van der Waals surface area contributed by atoms with Crippen molar-refractivity contribution < 1.29 is 0 Å². The van der Waals surface area contributed by atoms with Gasteiger partial charge in [0.25, 0.3) is 0 Å². The van der Waals surface area contributed by atoms with Crippen LogP contribution in [0.15, 0.2) is 12.1 Å². The molecule has 0 aliphatic rings. The summed E-state index contributed by atoms with van der Waals surface area (Å²) in [5.74, 6) is 48.0. The molecule has 0 unspecified atom stereocenters. The summed E-state index contributed by atoms with van der Waals surface area (Å²) in [6, 6.07) is 3.56. The molecule has 0 saturated carbocycles. The molecule has 122 valence electrons. The summed E-state index contributed by atoms with van der Waals surface area (Å²) in [7, 11) is 0. The molecule has 0 aliphatic carbocycles. The van der Waals surface area contributed by atoms with Crippen molar-refractivity contribution in [2.45, 2.75) is 13.8 Å². The molecule has 0 nitrogen and oxygen atoms in total. The first-order valence-corrected chi connectivity index (χ1v) is 7.74. The summed E-state index contributed by atoms with van der Waals surface area (Å²) in [5.41, 5.74) is 2.34. The third-order valence-corrected chi connectivity index (χ3v) is 2.74. The molecule has 1 aromatic rings. The molecule has 1 aromatic carbocycles. The lowest BCUT2D eigenvalue weighted by Crippen LogP contribution is -1.95. The van der Waals surface area contributed by atoms with Crippen molar-refractivity contribution in [1.29, 1.82) is 0 Å². The van der Waals surface area contributed by atoms with Crippen LogP contribution in [0.3, 0.4) is 0 Å². The zero-order valence-electron chi connectivity index (χ0n) is 15.3. The second-order valence-electron chi connectivity index (χ2n) is 4.45. The number of hydrogen-bond acceptors (Lipinski definition) is 0. The average molecular weight is 346 g/mol. The molecule has 0 atom stereocenters. The van der Waals surface area contributed by atoms with E-state index in [1.54, 1.807) is 26.0 Å². The Bertz CT molecular complexity index is 1370. The molecule has 0 amide bonds. The van der Waals surface area contributed by atoms with Crippen LogP contribution < -0.4 is 0 Å². The monoisotopic (exact) mass is 346 g/mol. The lowest BCUT2D eigenvalue weighted by Gasteiger charge is -2.03. The van der Waals surface area contributed by atoms with Crippen molar-refractivity contribution in [3.8, 4) is 119 Å². The Balaban J connectivity index is 3.80. The molecule has 0 saturated heterocycles. The SMILES string of the molecule is C#CC#CC#Cc1ccc(C#CC#CC)c(C#CC#C)c1C#CC#CC#CC. The molecule has 0 radical (unpaired) electrons. The highest BCUT2D eigenvalue weighted by molar-refractivity contribution is 5.67. The van der Waals surface area contributed by atoms with Crippen LogP contribution in [0, 0.1) is 119 Å². The minimum atomic E-state index is 0.549. The summed E-state index contributed by atoms with van der Waals surface area (Å²) in [4.78, 5) is 0. The summed E-state index contributed by atoms with van der Waals surface area (Å²) in [6.07, 6.45) is 10.4. The first-order valence-electron chi connectivity index (χ1n) is 7.74. The fourth-order valence-corrected chi connectivity index (χ4v) is 1.72. The molecular formula is C28H10. The van der Waals surface area contributed by atoms with E-state index in [1.807, 2.05) is 0 Å². The van der Waals surface area contributed by atoms with E-state index in [-0.39, 0.29) is 0 Å². The number of terminal acetylenes is 2. The van der Waals surface area contributed by atoms with Crippen molar-refractivity contribution in [1.82, 2.24) is 0 Å². The topological polar surface area (TPSA) is 0 Å². The number of rotatable bonds is 0. The second kappa shape index (κ2) is 13.1. The third kappa shape index (κ3) is 7.15. The van der Waals surface area contributed by atoms with Gasteiger partial charge in [0.05, 0.1) is 11.1 Å². The van der Waals surface area contributed by atoms with E-state index in [0.717, 1.165) is 0 Å². The van der Waals surface area contributed by atoms with Gasteiger partial charge in [-0.2, -0.15) is 0 Å². The predicted octanol–water partition coefficient (Wildman–Crippen LogP) is 2.41. The summed E-state index contributed by atoms with van der Waals surface area (Å²) in [6.45, 7) is 3.40. The van der Waals surface area contributed by atoms with Crippen molar-refractivity contribution in [2.24, 2.45) is 0 Å². The van der Waals surface area contributed by atoms with E-state index in [1.165, 1.54) is 0 Å². The highest BCUT2D eigenvalue weighted by atomic mass is 14.1. The lowest BCUT2D eigenvalue weighted by molar-refractivity contribution is 1.51. The first kappa shape index (κ1) is 20.9. The van der Waals surface area contributed by atoms with Gasteiger partial charge in [0.2, 0.25) is 0 Å². The normalized spacial score (nSPS) is 6.00. The molecule has 0 heterocycles. The molecule has 0 N–H and O–H groups in total. The zero-order chi connectivity index (χ0) is 20.5. The predicted molar refractivity (Wildman–Crippen MR) is 114 cm³/mol. The Labute approximate surface area is 167 Å².